The predicted molar refractivity (Wildman–Crippen MR) is 72.0 cm³/mol. The molecule has 3 rings (SSSR count). The van der Waals surface area contributed by atoms with Crippen LogP contribution >= 0.6 is 0 Å². The highest BCUT2D eigenvalue weighted by Crippen LogP contribution is 2.12. The van der Waals surface area contributed by atoms with E-state index < -0.39 is 0 Å². The first kappa shape index (κ1) is 12.8. The molecule has 20 heavy (non-hydrogen) atoms. The lowest BCUT2D eigenvalue weighted by Gasteiger charge is -2.13. The van der Waals surface area contributed by atoms with Crippen molar-refractivity contribution in [3.05, 3.63) is 47.8 Å². The SMILES string of the molecule is CC(NC(=O)c1cn2c(n1)COCC2)c1ccccn1. The van der Waals surface area contributed by atoms with Gasteiger partial charge in [0.25, 0.3) is 5.91 Å². The Labute approximate surface area is 116 Å². The maximum absolute atomic E-state index is 12.2. The zero-order chi connectivity index (χ0) is 13.9. The number of nitrogens with zero attached hydrogens (tertiary/aromatic N) is 3. The molecule has 104 valence electrons. The molecule has 0 fully saturated rings. The van der Waals surface area contributed by atoms with Crippen LogP contribution in [0.1, 0.15) is 35.0 Å². The van der Waals surface area contributed by atoms with Gasteiger partial charge in [0, 0.05) is 18.9 Å². The van der Waals surface area contributed by atoms with Gasteiger partial charge in [-0.05, 0) is 19.1 Å². The van der Waals surface area contributed by atoms with Gasteiger partial charge in [-0.2, -0.15) is 0 Å². The number of nitrogens with one attached hydrogen (secondary N) is 1. The Morgan fingerprint density at radius 1 is 1.50 bits per heavy atom. The molecule has 0 aromatic carbocycles. The smallest absolute Gasteiger partial charge is 0.272 e. The molecule has 0 aliphatic carbocycles. The van der Waals surface area contributed by atoms with E-state index in [1.54, 1.807) is 12.4 Å². The van der Waals surface area contributed by atoms with Gasteiger partial charge in [-0.1, -0.05) is 6.07 Å². The number of amides is 1. The monoisotopic (exact) mass is 272 g/mol. The molecule has 6 heteroatoms. The molecule has 1 atom stereocenters. The first-order valence-electron chi connectivity index (χ1n) is 6.59. The molecule has 0 bridgehead atoms. The van der Waals surface area contributed by atoms with Crippen LogP contribution in [0.2, 0.25) is 0 Å². The number of carbonyl (C=O) groups is 1. The molecule has 1 aliphatic heterocycles. The summed E-state index contributed by atoms with van der Waals surface area (Å²) in [5.41, 5.74) is 1.25. The van der Waals surface area contributed by atoms with Gasteiger partial charge in [-0.3, -0.25) is 9.78 Å². The third-order valence-electron chi connectivity index (χ3n) is 3.28. The molecule has 1 N–H and O–H groups in total. The molecule has 2 aromatic heterocycles. The van der Waals surface area contributed by atoms with Gasteiger partial charge >= 0.3 is 0 Å². The standard InChI is InChI=1S/C14H16N4O2/c1-10(11-4-2-3-5-15-11)16-14(19)12-8-18-6-7-20-9-13(18)17-12/h2-5,8,10H,6-7,9H2,1H3,(H,16,19). The van der Waals surface area contributed by atoms with Gasteiger partial charge in [-0.25, -0.2) is 4.98 Å². The molecule has 1 unspecified atom stereocenters. The van der Waals surface area contributed by atoms with Crippen LogP contribution in [0.3, 0.4) is 0 Å². The number of carbonyl (C=O) groups excluding carboxylic acids is 1. The number of imidazole rings is 1. The van der Waals surface area contributed by atoms with E-state index in [4.69, 9.17) is 4.74 Å². The topological polar surface area (TPSA) is 69.0 Å². The van der Waals surface area contributed by atoms with Crippen molar-refractivity contribution in [2.45, 2.75) is 26.1 Å². The van der Waals surface area contributed by atoms with Crippen LogP contribution in [0.5, 0.6) is 0 Å². The minimum atomic E-state index is -0.190. The van der Waals surface area contributed by atoms with Crippen molar-refractivity contribution in [3.8, 4) is 0 Å². The summed E-state index contributed by atoms with van der Waals surface area (Å²) in [4.78, 5) is 20.7. The quantitative estimate of drug-likeness (QED) is 0.914. The van der Waals surface area contributed by atoms with Crippen molar-refractivity contribution in [3.63, 3.8) is 0 Å². The zero-order valence-electron chi connectivity index (χ0n) is 11.2. The second kappa shape index (κ2) is 5.42. The van der Waals surface area contributed by atoms with E-state index in [9.17, 15) is 4.79 Å². The molecule has 3 heterocycles. The molecule has 0 saturated heterocycles. The number of aromatic nitrogens is 3. The van der Waals surface area contributed by atoms with Gasteiger partial charge in [0.1, 0.15) is 18.1 Å². The summed E-state index contributed by atoms with van der Waals surface area (Å²) in [7, 11) is 0. The average molecular weight is 272 g/mol. The fourth-order valence-corrected chi connectivity index (χ4v) is 2.18. The van der Waals surface area contributed by atoms with Gasteiger partial charge in [0.2, 0.25) is 0 Å². The number of fused-ring (bicyclic) bond motifs is 1. The number of rotatable bonds is 3. The van der Waals surface area contributed by atoms with Gasteiger partial charge in [-0.15, -0.1) is 0 Å². The third-order valence-corrected chi connectivity index (χ3v) is 3.28. The summed E-state index contributed by atoms with van der Waals surface area (Å²) in [6.07, 6.45) is 3.49. The van der Waals surface area contributed by atoms with Crippen molar-refractivity contribution < 1.29 is 9.53 Å². The molecule has 6 nitrogen and oxygen atoms in total. The minimum Gasteiger partial charge on any atom is -0.372 e. The highest BCUT2D eigenvalue weighted by Gasteiger charge is 2.18. The predicted octanol–water partition coefficient (Wildman–Crippen LogP) is 1.30. The Balaban J connectivity index is 1.71. The number of hydrogen-bond acceptors (Lipinski definition) is 4. The number of pyridine rings is 1. The highest BCUT2D eigenvalue weighted by molar-refractivity contribution is 5.92. The second-order valence-electron chi connectivity index (χ2n) is 4.74. The van der Waals surface area contributed by atoms with E-state index in [1.165, 1.54) is 0 Å². The maximum Gasteiger partial charge on any atom is 0.272 e. The van der Waals surface area contributed by atoms with Crippen LogP contribution in [0.4, 0.5) is 0 Å². The molecule has 0 radical (unpaired) electrons. The largest absolute Gasteiger partial charge is 0.372 e. The van der Waals surface area contributed by atoms with Crippen molar-refractivity contribution in [1.82, 2.24) is 19.9 Å². The summed E-state index contributed by atoms with van der Waals surface area (Å²) in [5, 5.41) is 2.90. The lowest BCUT2D eigenvalue weighted by molar-refractivity contribution is 0.0815. The first-order chi connectivity index (χ1) is 9.74. The molecule has 1 aliphatic rings. The zero-order valence-corrected chi connectivity index (χ0v) is 11.2. The second-order valence-corrected chi connectivity index (χ2v) is 4.74. The molecular formula is C14H16N4O2. The normalized spacial score (nSPS) is 15.4. The number of ether oxygens (including phenoxy) is 1. The van der Waals surface area contributed by atoms with Gasteiger partial charge in [0.05, 0.1) is 18.3 Å². The van der Waals surface area contributed by atoms with Crippen LogP contribution in [-0.4, -0.2) is 27.0 Å². The van der Waals surface area contributed by atoms with E-state index >= 15 is 0 Å². The van der Waals surface area contributed by atoms with E-state index in [-0.39, 0.29) is 11.9 Å². The molecule has 2 aromatic rings. The van der Waals surface area contributed by atoms with Crippen molar-refractivity contribution in [2.24, 2.45) is 0 Å². The van der Waals surface area contributed by atoms with Crippen LogP contribution in [-0.2, 0) is 17.9 Å². The van der Waals surface area contributed by atoms with E-state index in [2.05, 4.69) is 15.3 Å². The summed E-state index contributed by atoms with van der Waals surface area (Å²) >= 11 is 0. The Bertz CT molecular complexity index is 585. The van der Waals surface area contributed by atoms with Crippen molar-refractivity contribution in [1.29, 1.82) is 0 Å². The summed E-state index contributed by atoms with van der Waals surface area (Å²) in [6.45, 7) is 3.77. The van der Waals surface area contributed by atoms with Gasteiger partial charge < -0.3 is 14.6 Å². The first-order valence-corrected chi connectivity index (χ1v) is 6.59. The van der Waals surface area contributed by atoms with Crippen LogP contribution in [0.15, 0.2) is 30.6 Å². The summed E-state index contributed by atoms with van der Waals surface area (Å²) in [5.74, 6) is 0.608. The Hall–Kier alpha value is -2.21. The minimum absolute atomic E-state index is 0.154. The van der Waals surface area contributed by atoms with Crippen LogP contribution in [0.25, 0.3) is 0 Å². The highest BCUT2D eigenvalue weighted by atomic mass is 16.5. The van der Waals surface area contributed by atoms with E-state index in [0.717, 1.165) is 18.1 Å². The molecule has 0 spiro atoms. The van der Waals surface area contributed by atoms with E-state index in [0.29, 0.717) is 18.9 Å². The Morgan fingerprint density at radius 3 is 3.15 bits per heavy atom. The molecular weight excluding hydrogens is 256 g/mol. The van der Waals surface area contributed by atoms with Crippen LogP contribution in [0, 0.1) is 0 Å². The Kier molecular flexibility index (Phi) is 3.47. The average Bonchev–Trinajstić information content (AvgIpc) is 2.92. The van der Waals surface area contributed by atoms with E-state index in [1.807, 2.05) is 29.7 Å². The fraction of sp³-hybridized carbons (Fsp3) is 0.357. The maximum atomic E-state index is 12.2. The lowest BCUT2D eigenvalue weighted by Crippen LogP contribution is -2.27. The Morgan fingerprint density at radius 2 is 2.40 bits per heavy atom. The van der Waals surface area contributed by atoms with Crippen LogP contribution < -0.4 is 5.32 Å². The lowest BCUT2D eigenvalue weighted by atomic mass is 10.2. The van der Waals surface area contributed by atoms with Crippen molar-refractivity contribution >= 4 is 5.91 Å². The van der Waals surface area contributed by atoms with Crippen molar-refractivity contribution in [2.75, 3.05) is 6.61 Å². The summed E-state index contributed by atoms with van der Waals surface area (Å²) in [6, 6.07) is 5.48. The molecule has 1 amide bonds. The third kappa shape index (κ3) is 2.55. The van der Waals surface area contributed by atoms with Gasteiger partial charge in [0.15, 0.2) is 0 Å². The number of hydrogen-bond donors (Lipinski definition) is 1. The summed E-state index contributed by atoms with van der Waals surface area (Å²) < 4.78 is 7.28. The fourth-order valence-electron chi connectivity index (χ4n) is 2.18. The molecule has 0 saturated carbocycles.